The van der Waals surface area contributed by atoms with Gasteiger partial charge in [-0.1, -0.05) is 64.0 Å². The van der Waals surface area contributed by atoms with Crippen LogP contribution in [-0.2, 0) is 6.42 Å². The van der Waals surface area contributed by atoms with Crippen molar-refractivity contribution in [3.63, 3.8) is 0 Å². The molecule has 0 fully saturated rings. The Morgan fingerprint density at radius 2 is 1.55 bits per heavy atom. The van der Waals surface area contributed by atoms with E-state index in [1.165, 1.54) is 44.1 Å². The molecule has 1 aromatic rings. The average Bonchev–Trinajstić information content (AvgIpc) is 2.47. The van der Waals surface area contributed by atoms with E-state index in [1.807, 2.05) is 24.3 Å². The minimum absolute atomic E-state index is 0.209. The summed E-state index contributed by atoms with van der Waals surface area (Å²) in [5.74, 6) is 0.871. The number of benzene rings is 1. The first-order valence-electron chi connectivity index (χ1n) is 8.07. The molecule has 0 saturated heterocycles. The molecule has 0 saturated carbocycles. The summed E-state index contributed by atoms with van der Waals surface area (Å²) in [5, 5.41) is 10.0. The third-order valence-electron chi connectivity index (χ3n) is 3.77. The minimum atomic E-state index is -0.209. The molecule has 0 heterocycles. The third-order valence-corrected chi connectivity index (χ3v) is 3.77. The highest BCUT2D eigenvalue weighted by atomic mass is 16.5. The van der Waals surface area contributed by atoms with Crippen LogP contribution in [0.5, 0.6) is 5.75 Å². The molecule has 20 heavy (non-hydrogen) atoms. The number of unbranched alkanes of at least 4 members (excludes halogenated alkanes) is 6. The van der Waals surface area contributed by atoms with E-state index in [9.17, 15) is 5.11 Å². The predicted molar refractivity (Wildman–Crippen MR) is 85.3 cm³/mol. The fourth-order valence-corrected chi connectivity index (χ4v) is 2.47. The maximum absolute atomic E-state index is 10.0. The second kappa shape index (κ2) is 10.7. The Kier molecular flexibility index (Phi) is 9.14. The van der Waals surface area contributed by atoms with Crippen LogP contribution >= 0.6 is 0 Å². The molecule has 1 N–H and O–H groups in total. The highest BCUT2D eigenvalue weighted by Gasteiger charge is 2.05. The van der Waals surface area contributed by atoms with Crippen molar-refractivity contribution in [3.8, 4) is 5.75 Å². The third kappa shape index (κ3) is 7.54. The zero-order valence-electron chi connectivity index (χ0n) is 13.1. The minimum Gasteiger partial charge on any atom is -0.497 e. The Hall–Kier alpha value is -1.02. The van der Waals surface area contributed by atoms with Crippen molar-refractivity contribution in [3.05, 3.63) is 29.8 Å². The van der Waals surface area contributed by atoms with E-state index in [1.54, 1.807) is 7.11 Å². The number of ether oxygens (including phenoxy) is 1. The maximum Gasteiger partial charge on any atom is 0.118 e. The Bertz CT molecular complexity index is 332. The van der Waals surface area contributed by atoms with Gasteiger partial charge in [0.25, 0.3) is 0 Å². The monoisotopic (exact) mass is 278 g/mol. The molecule has 0 aliphatic rings. The first-order chi connectivity index (χ1) is 9.76. The second-order valence-electron chi connectivity index (χ2n) is 5.62. The van der Waals surface area contributed by atoms with Crippen molar-refractivity contribution in [1.29, 1.82) is 0 Å². The summed E-state index contributed by atoms with van der Waals surface area (Å²) < 4.78 is 5.13. The van der Waals surface area contributed by atoms with Crippen LogP contribution in [0.1, 0.15) is 63.9 Å². The van der Waals surface area contributed by atoms with E-state index >= 15 is 0 Å². The average molecular weight is 278 g/mol. The number of methoxy groups -OCH3 is 1. The van der Waals surface area contributed by atoms with E-state index in [-0.39, 0.29) is 6.10 Å². The van der Waals surface area contributed by atoms with Crippen molar-refractivity contribution >= 4 is 0 Å². The van der Waals surface area contributed by atoms with Gasteiger partial charge in [0.05, 0.1) is 13.2 Å². The van der Waals surface area contributed by atoms with Crippen LogP contribution in [0.25, 0.3) is 0 Å². The fourth-order valence-electron chi connectivity index (χ4n) is 2.47. The summed E-state index contributed by atoms with van der Waals surface area (Å²) in [4.78, 5) is 0. The number of aliphatic hydroxyl groups is 1. The molecule has 0 radical (unpaired) electrons. The van der Waals surface area contributed by atoms with Crippen LogP contribution in [0.2, 0.25) is 0 Å². The highest BCUT2D eigenvalue weighted by Crippen LogP contribution is 2.15. The molecule has 1 atom stereocenters. The van der Waals surface area contributed by atoms with Gasteiger partial charge in [0.15, 0.2) is 0 Å². The molecule has 1 rings (SSSR count). The van der Waals surface area contributed by atoms with Gasteiger partial charge in [0, 0.05) is 0 Å². The van der Waals surface area contributed by atoms with Gasteiger partial charge in [0.1, 0.15) is 5.75 Å². The normalized spacial score (nSPS) is 12.3. The van der Waals surface area contributed by atoms with E-state index in [0.29, 0.717) is 0 Å². The molecule has 114 valence electrons. The smallest absolute Gasteiger partial charge is 0.118 e. The largest absolute Gasteiger partial charge is 0.497 e. The Balaban J connectivity index is 2.08. The second-order valence-corrected chi connectivity index (χ2v) is 5.62. The first kappa shape index (κ1) is 17.0. The van der Waals surface area contributed by atoms with Gasteiger partial charge in [0.2, 0.25) is 0 Å². The molecule has 2 heteroatoms. The summed E-state index contributed by atoms with van der Waals surface area (Å²) in [5.41, 5.74) is 1.18. The summed E-state index contributed by atoms with van der Waals surface area (Å²) in [6.07, 6.45) is 10.6. The van der Waals surface area contributed by atoms with Crippen LogP contribution < -0.4 is 4.74 Å². The molecule has 0 spiro atoms. The van der Waals surface area contributed by atoms with E-state index in [2.05, 4.69) is 6.92 Å². The van der Waals surface area contributed by atoms with Crippen LogP contribution in [0.3, 0.4) is 0 Å². The van der Waals surface area contributed by atoms with Gasteiger partial charge in [-0.25, -0.2) is 0 Å². The lowest BCUT2D eigenvalue weighted by Gasteiger charge is -2.11. The Morgan fingerprint density at radius 1 is 0.950 bits per heavy atom. The SMILES string of the molecule is CCCCCCCCCC(O)Cc1ccc(OC)cc1. The Morgan fingerprint density at radius 3 is 2.15 bits per heavy atom. The lowest BCUT2D eigenvalue weighted by atomic mass is 10.0. The first-order valence-corrected chi connectivity index (χ1v) is 8.07. The van der Waals surface area contributed by atoms with Crippen LogP contribution in [0, 0.1) is 0 Å². The van der Waals surface area contributed by atoms with Gasteiger partial charge in [-0.3, -0.25) is 0 Å². The van der Waals surface area contributed by atoms with Gasteiger partial charge in [-0.15, -0.1) is 0 Å². The van der Waals surface area contributed by atoms with Crippen molar-refractivity contribution in [1.82, 2.24) is 0 Å². The number of hydrogen-bond donors (Lipinski definition) is 1. The molecule has 0 aliphatic heterocycles. The van der Waals surface area contributed by atoms with Gasteiger partial charge in [-0.2, -0.15) is 0 Å². The predicted octanol–water partition coefficient (Wildman–Crippen LogP) is 4.74. The molecular weight excluding hydrogens is 248 g/mol. The fraction of sp³-hybridized carbons (Fsp3) is 0.667. The van der Waals surface area contributed by atoms with Crippen molar-refractivity contribution in [2.75, 3.05) is 7.11 Å². The van der Waals surface area contributed by atoms with E-state index < -0.39 is 0 Å². The molecule has 0 bridgehead atoms. The van der Waals surface area contributed by atoms with Gasteiger partial charge >= 0.3 is 0 Å². The molecule has 1 unspecified atom stereocenters. The molecule has 0 amide bonds. The Labute approximate surface area is 124 Å². The molecule has 2 nitrogen and oxygen atoms in total. The summed E-state index contributed by atoms with van der Waals surface area (Å²) in [7, 11) is 1.67. The number of aliphatic hydroxyl groups excluding tert-OH is 1. The lowest BCUT2D eigenvalue weighted by Crippen LogP contribution is -2.10. The molecule has 0 aliphatic carbocycles. The van der Waals surface area contributed by atoms with Crippen LogP contribution in [-0.4, -0.2) is 18.3 Å². The zero-order valence-corrected chi connectivity index (χ0v) is 13.1. The van der Waals surface area contributed by atoms with Crippen LogP contribution in [0.15, 0.2) is 24.3 Å². The van der Waals surface area contributed by atoms with Gasteiger partial charge < -0.3 is 9.84 Å². The quantitative estimate of drug-likeness (QED) is 0.592. The van der Waals surface area contributed by atoms with Crippen molar-refractivity contribution < 1.29 is 9.84 Å². The summed E-state index contributed by atoms with van der Waals surface area (Å²) in [6, 6.07) is 7.98. The zero-order chi connectivity index (χ0) is 14.6. The topological polar surface area (TPSA) is 29.5 Å². The van der Waals surface area contributed by atoms with Gasteiger partial charge in [-0.05, 0) is 30.5 Å². The van der Waals surface area contributed by atoms with E-state index in [4.69, 9.17) is 4.74 Å². The highest BCUT2D eigenvalue weighted by molar-refractivity contribution is 5.27. The molecule has 1 aromatic carbocycles. The van der Waals surface area contributed by atoms with Crippen molar-refractivity contribution in [2.45, 2.75) is 70.8 Å². The number of hydrogen-bond acceptors (Lipinski definition) is 2. The molecular formula is C18H30O2. The molecule has 0 aromatic heterocycles. The maximum atomic E-state index is 10.0. The summed E-state index contributed by atoms with van der Waals surface area (Å²) >= 11 is 0. The summed E-state index contributed by atoms with van der Waals surface area (Å²) in [6.45, 7) is 2.25. The van der Waals surface area contributed by atoms with E-state index in [0.717, 1.165) is 25.0 Å². The lowest BCUT2D eigenvalue weighted by molar-refractivity contribution is 0.161. The number of rotatable bonds is 11. The van der Waals surface area contributed by atoms with Crippen LogP contribution in [0.4, 0.5) is 0 Å². The van der Waals surface area contributed by atoms with Crippen molar-refractivity contribution in [2.24, 2.45) is 0 Å². The standard InChI is InChI=1S/C18H30O2/c1-3-4-5-6-7-8-9-10-17(19)15-16-11-13-18(20-2)14-12-16/h11-14,17,19H,3-10,15H2,1-2H3.